The van der Waals surface area contributed by atoms with E-state index in [-0.39, 0.29) is 5.91 Å². The second-order valence-corrected chi connectivity index (χ2v) is 12.1. The monoisotopic (exact) mass is 592 g/mol. The van der Waals surface area contributed by atoms with Crippen LogP contribution in [0.15, 0.2) is 45.4 Å². The Morgan fingerprint density at radius 1 is 1.05 bits per heavy atom. The molecule has 0 unspecified atom stereocenters. The van der Waals surface area contributed by atoms with Crippen LogP contribution in [0.1, 0.15) is 73.2 Å². The topological polar surface area (TPSA) is 78.6 Å². The molecule has 4 heterocycles. The number of piperazine rings is 1. The Bertz CT molecular complexity index is 1300. The lowest BCUT2D eigenvalue weighted by molar-refractivity contribution is 0.0490. The number of pyridine rings is 1. The van der Waals surface area contributed by atoms with Crippen molar-refractivity contribution in [3.63, 3.8) is 0 Å². The predicted molar refractivity (Wildman–Crippen MR) is 155 cm³/mol. The van der Waals surface area contributed by atoms with Gasteiger partial charge in [-0.05, 0) is 73.9 Å². The summed E-state index contributed by atoms with van der Waals surface area (Å²) < 4.78 is 6.70. The van der Waals surface area contributed by atoms with Crippen molar-refractivity contribution in [1.29, 1.82) is 0 Å². The summed E-state index contributed by atoms with van der Waals surface area (Å²) in [4.78, 5) is 25.3. The first kappa shape index (κ1) is 26.4. The molecule has 2 aromatic heterocycles. The molecule has 8 nitrogen and oxygen atoms in total. The fraction of sp³-hybridized carbons (Fsp3) is 0.533. The van der Waals surface area contributed by atoms with E-state index in [1.54, 1.807) is 0 Å². The lowest BCUT2D eigenvalue weighted by Gasteiger charge is -2.48. The molecule has 9 heteroatoms. The molecule has 1 saturated carbocycles. The van der Waals surface area contributed by atoms with Crippen molar-refractivity contribution in [3.8, 4) is 11.5 Å². The number of piperidine rings is 1. The van der Waals surface area contributed by atoms with E-state index in [0.717, 1.165) is 73.4 Å². The summed E-state index contributed by atoms with van der Waals surface area (Å²) in [6.07, 6.45) is 8.78. The fourth-order valence-electron chi connectivity index (χ4n) is 6.37. The second kappa shape index (κ2) is 11.4. The SMILES string of the molecule is CC[C@H]1CN(c2ncc(-c3nnc(C)o3)cc2C2CCC2)CCN1C1CCN(C(=O)c2ccc(Br)cc2)CC1. The number of hydrogen-bond acceptors (Lipinski definition) is 7. The van der Waals surface area contributed by atoms with E-state index in [0.29, 0.717) is 29.8 Å². The van der Waals surface area contributed by atoms with E-state index < -0.39 is 0 Å². The molecule has 2 saturated heterocycles. The highest BCUT2D eigenvalue weighted by molar-refractivity contribution is 9.10. The first-order chi connectivity index (χ1) is 19.0. The fourth-order valence-corrected chi connectivity index (χ4v) is 6.63. The molecular weight excluding hydrogens is 556 g/mol. The third kappa shape index (κ3) is 5.48. The van der Waals surface area contributed by atoms with Crippen molar-refractivity contribution >= 4 is 27.7 Å². The third-order valence-corrected chi connectivity index (χ3v) is 9.35. The summed E-state index contributed by atoms with van der Waals surface area (Å²) in [6.45, 7) is 8.75. The van der Waals surface area contributed by atoms with Gasteiger partial charge in [0.2, 0.25) is 11.8 Å². The van der Waals surface area contributed by atoms with E-state index in [9.17, 15) is 4.79 Å². The number of hydrogen-bond donors (Lipinski definition) is 0. The highest BCUT2D eigenvalue weighted by Crippen LogP contribution is 2.42. The van der Waals surface area contributed by atoms with Gasteiger partial charge in [0.25, 0.3) is 5.91 Å². The molecule has 3 fully saturated rings. The minimum Gasteiger partial charge on any atom is -0.421 e. The van der Waals surface area contributed by atoms with Gasteiger partial charge in [0.05, 0.1) is 5.56 Å². The minimum atomic E-state index is 0.145. The van der Waals surface area contributed by atoms with Crippen LogP contribution in [0.2, 0.25) is 0 Å². The Kier molecular flexibility index (Phi) is 7.71. The van der Waals surface area contributed by atoms with Gasteiger partial charge in [-0.15, -0.1) is 10.2 Å². The van der Waals surface area contributed by atoms with E-state index in [1.165, 1.54) is 24.8 Å². The van der Waals surface area contributed by atoms with E-state index in [1.807, 2.05) is 42.3 Å². The number of aromatic nitrogens is 3. The Morgan fingerprint density at radius 3 is 2.46 bits per heavy atom. The molecule has 3 aliphatic rings. The normalized spacial score (nSPS) is 21.3. The molecule has 206 valence electrons. The number of carbonyl (C=O) groups is 1. The number of aryl methyl sites for hydroxylation is 1. The largest absolute Gasteiger partial charge is 0.421 e. The van der Waals surface area contributed by atoms with Crippen LogP contribution in [-0.2, 0) is 0 Å². The van der Waals surface area contributed by atoms with E-state index in [2.05, 4.69) is 48.9 Å². The molecule has 6 rings (SSSR count). The lowest BCUT2D eigenvalue weighted by atomic mass is 9.79. The number of benzene rings is 1. The van der Waals surface area contributed by atoms with Gasteiger partial charge in [-0.2, -0.15) is 0 Å². The van der Waals surface area contributed by atoms with Crippen LogP contribution >= 0.6 is 15.9 Å². The molecule has 3 aromatic rings. The molecule has 0 spiro atoms. The molecule has 0 radical (unpaired) electrons. The van der Waals surface area contributed by atoms with Gasteiger partial charge >= 0.3 is 0 Å². The van der Waals surface area contributed by atoms with Crippen molar-refractivity contribution in [2.75, 3.05) is 37.6 Å². The van der Waals surface area contributed by atoms with Gasteiger partial charge in [-0.25, -0.2) is 4.98 Å². The molecule has 2 aliphatic heterocycles. The standard InChI is InChI=1S/C30H37BrN6O2/c1-3-25-19-36(28-27(21-5-4-6-21)17-23(18-32-28)29-34-33-20(2)39-29)15-16-37(25)26-11-13-35(14-12-26)30(38)22-7-9-24(31)10-8-22/h7-10,17-18,21,25-26H,3-6,11-16,19H2,1-2H3/t25-/m0/s1. The quantitative estimate of drug-likeness (QED) is 0.364. The van der Waals surface area contributed by atoms with Gasteiger partial charge in [0.15, 0.2) is 0 Å². The van der Waals surface area contributed by atoms with Gasteiger partial charge in [-0.1, -0.05) is 29.3 Å². The molecule has 1 aromatic carbocycles. The van der Waals surface area contributed by atoms with Crippen molar-refractivity contribution < 1.29 is 9.21 Å². The summed E-state index contributed by atoms with van der Waals surface area (Å²) in [5.74, 6) is 2.96. The molecule has 39 heavy (non-hydrogen) atoms. The third-order valence-electron chi connectivity index (χ3n) is 8.82. The van der Waals surface area contributed by atoms with Gasteiger partial charge in [0.1, 0.15) is 5.82 Å². The van der Waals surface area contributed by atoms with Crippen LogP contribution in [0, 0.1) is 6.92 Å². The van der Waals surface area contributed by atoms with E-state index >= 15 is 0 Å². The zero-order valence-electron chi connectivity index (χ0n) is 22.9. The number of anilines is 1. The zero-order valence-corrected chi connectivity index (χ0v) is 24.4. The Hall–Kier alpha value is -2.78. The second-order valence-electron chi connectivity index (χ2n) is 11.2. The van der Waals surface area contributed by atoms with Crippen molar-refractivity contribution in [2.24, 2.45) is 0 Å². The average molecular weight is 594 g/mol. The molecule has 0 N–H and O–H groups in total. The summed E-state index contributed by atoms with van der Waals surface area (Å²) in [5.41, 5.74) is 3.01. The summed E-state index contributed by atoms with van der Waals surface area (Å²) in [5, 5.41) is 8.23. The number of carbonyl (C=O) groups excluding carboxylic acids is 1. The van der Waals surface area contributed by atoms with Gasteiger partial charge < -0.3 is 14.2 Å². The maximum atomic E-state index is 13.0. The smallest absolute Gasteiger partial charge is 0.253 e. The minimum absolute atomic E-state index is 0.145. The zero-order chi connectivity index (χ0) is 26.9. The first-order valence-corrected chi connectivity index (χ1v) is 15.2. The number of rotatable bonds is 6. The molecular formula is C30H37BrN6O2. The molecule has 1 amide bonds. The van der Waals surface area contributed by atoms with E-state index in [4.69, 9.17) is 9.40 Å². The maximum absolute atomic E-state index is 13.0. The molecule has 1 aliphatic carbocycles. The summed E-state index contributed by atoms with van der Waals surface area (Å²) in [6, 6.07) is 10.9. The maximum Gasteiger partial charge on any atom is 0.253 e. The number of halogens is 1. The van der Waals surface area contributed by atoms with Crippen molar-refractivity contribution in [1.82, 2.24) is 25.0 Å². The van der Waals surface area contributed by atoms with Crippen LogP contribution in [0.5, 0.6) is 0 Å². The Balaban J connectivity index is 1.12. The van der Waals surface area contributed by atoms with Crippen molar-refractivity contribution in [3.05, 3.63) is 58.0 Å². The summed E-state index contributed by atoms with van der Waals surface area (Å²) >= 11 is 3.46. The van der Waals surface area contributed by atoms with Crippen LogP contribution < -0.4 is 4.90 Å². The summed E-state index contributed by atoms with van der Waals surface area (Å²) in [7, 11) is 0. The van der Waals surface area contributed by atoms with Crippen LogP contribution in [-0.4, -0.2) is 75.7 Å². The Morgan fingerprint density at radius 2 is 1.82 bits per heavy atom. The Labute approximate surface area is 238 Å². The average Bonchev–Trinajstić information content (AvgIpc) is 3.38. The highest BCUT2D eigenvalue weighted by atomic mass is 79.9. The molecule has 1 atom stereocenters. The first-order valence-electron chi connectivity index (χ1n) is 14.4. The van der Waals surface area contributed by atoms with Crippen LogP contribution in [0.3, 0.4) is 0 Å². The lowest BCUT2D eigenvalue weighted by Crippen LogP contribution is -2.59. The van der Waals surface area contributed by atoms with Crippen LogP contribution in [0.4, 0.5) is 5.82 Å². The number of nitrogens with zero attached hydrogens (tertiary/aromatic N) is 6. The van der Waals surface area contributed by atoms with Gasteiger partial charge in [0, 0.05) is 68.0 Å². The predicted octanol–water partition coefficient (Wildman–Crippen LogP) is 5.68. The highest BCUT2D eigenvalue weighted by Gasteiger charge is 2.36. The van der Waals surface area contributed by atoms with Crippen LogP contribution in [0.25, 0.3) is 11.5 Å². The number of likely N-dealkylation sites (tertiary alicyclic amines) is 1. The number of amides is 1. The van der Waals surface area contributed by atoms with Crippen molar-refractivity contribution in [2.45, 2.75) is 70.4 Å². The molecule has 0 bridgehead atoms. The van der Waals surface area contributed by atoms with Gasteiger partial charge in [-0.3, -0.25) is 9.69 Å².